The zero-order valence-corrected chi connectivity index (χ0v) is 11.2. The lowest BCUT2D eigenvalue weighted by atomic mass is 9.52. The highest BCUT2D eigenvalue weighted by Gasteiger charge is 2.51. The zero-order valence-electron chi connectivity index (χ0n) is 11.2. The molecule has 0 aromatic rings. The molecule has 2 rings (SSSR count). The first-order chi connectivity index (χ1) is 8.60. The molecule has 0 aromatic heterocycles. The second-order valence-corrected chi connectivity index (χ2v) is 5.64. The van der Waals surface area contributed by atoms with Gasteiger partial charge in [-0.3, -0.25) is 4.79 Å². The van der Waals surface area contributed by atoms with Crippen LogP contribution in [0.3, 0.4) is 0 Å². The van der Waals surface area contributed by atoms with Gasteiger partial charge in [-0.25, -0.2) is 0 Å². The first-order valence-corrected chi connectivity index (χ1v) is 6.76. The maximum absolute atomic E-state index is 12.0. The highest BCUT2D eigenvalue weighted by atomic mass is 16.5. The number of hydrogen-bond donors (Lipinski definition) is 0. The summed E-state index contributed by atoms with van der Waals surface area (Å²) >= 11 is 0. The molecule has 2 nitrogen and oxygen atoms in total. The first-order valence-electron chi connectivity index (χ1n) is 6.76. The van der Waals surface area contributed by atoms with Crippen molar-refractivity contribution in [3.63, 3.8) is 0 Å². The molecule has 0 N–H and O–H groups in total. The summed E-state index contributed by atoms with van der Waals surface area (Å²) in [6, 6.07) is 0. The fourth-order valence-corrected chi connectivity index (χ4v) is 3.08. The molecular weight excluding hydrogens is 224 g/mol. The topological polar surface area (TPSA) is 26.3 Å². The molecule has 2 saturated carbocycles. The molecule has 2 aliphatic carbocycles. The maximum Gasteiger partial charge on any atom is 0.309 e. The number of hydrogen-bond acceptors (Lipinski definition) is 2. The van der Waals surface area contributed by atoms with Crippen LogP contribution in [0.4, 0.5) is 0 Å². The van der Waals surface area contributed by atoms with Gasteiger partial charge in [0.15, 0.2) is 0 Å². The van der Waals surface area contributed by atoms with Gasteiger partial charge in [0.05, 0.1) is 5.92 Å². The number of esters is 1. The molecule has 1 unspecified atom stereocenters. The van der Waals surface area contributed by atoms with E-state index in [9.17, 15) is 4.79 Å². The Balaban J connectivity index is 1.82. The Morgan fingerprint density at radius 3 is 2.50 bits per heavy atom. The third-order valence-electron chi connectivity index (χ3n) is 4.41. The standard InChI is InChI=1S/C16H22O2/c1-4-7-13(5-2)12(3)18-15(17)14-10-16(11-14)8-6-9-16/h4-5,7,12,14H,1-2,6,8-11H2,3H3/b13-7+. The summed E-state index contributed by atoms with van der Waals surface area (Å²) in [6.45, 7) is 9.25. The van der Waals surface area contributed by atoms with E-state index in [-0.39, 0.29) is 18.0 Å². The lowest BCUT2D eigenvalue weighted by Gasteiger charge is -2.53. The molecule has 0 bridgehead atoms. The van der Waals surface area contributed by atoms with Crippen LogP contribution in [0.5, 0.6) is 0 Å². The Kier molecular flexibility index (Phi) is 3.74. The van der Waals surface area contributed by atoms with E-state index in [1.807, 2.05) is 13.0 Å². The van der Waals surface area contributed by atoms with Crippen LogP contribution >= 0.6 is 0 Å². The minimum absolute atomic E-state index is 0.0446. The van der Waals surface area contributed by atoms with Gasteiger partial charge in [0.1, 0.15) is 6.10 Å². The number of rotatable bonds is 5. The van der Waals surface area contributed by atoms with Gasteiger partial charge in [-0.05, 0) is 43.6 Å². The van der Waals surface area contributed by atoms with E-state index in [0.29, 0.717) is 5.41 Å². The van der Waals surface area contributed by atoms with E-state index in [1.165, 1.54) is 19.3 Å². The molecule has 2 fully saturated rings. The predicted molar refractivity (Wildman–Crippen MR) is 73.0 cm³/mol. The average Bonchev–Trinajstić information content (AvgIpc) is 2.21. The predicted octanol–water partition coefficient (Wildman–Crippen LogP) is 3.80. The summed E-state index contributed by atoms with van der Waals surface area (Å²) in [5, 5.41) is 0. The van der Waals surface area contributed by atoms with Crippen molar-refractivity contribution < 1.29 is 9.53 Å². The molecule has 0 aliphatic heterocycles. The van der Waals surface area contributed by atoms with Crippen molar-refractivity contribution in [2.75, 3.05) is 0 Å². The maximum atomic E-state index is 12.0. The molecule has 2 heteroatoms. The van der Waals surface area contributed by atoms with Crippen LogP contribution in [0, 0.1) is 11.3 Å². The second kappa shape index (κ2) is 5.13. The molecule has 0 saturated heterocycles. The zero-order chi connectivity index (χ0) is 13.2. The monoisotopic (exact) mass is 246 g/mol. The van der Waals surface area contributed by atoms with E-state index in [0.717, 1.165) is 18.4 Å². The quantitative estimate of drug-likeness (QED) is 0.545. The van der Waals surface area contributed by atoms with Crippen LogP contribution in [0.25, 0.3) is 0 Å². The number of carbonyl (C=O) groups excluding carboxylic acids is 1. The molecule has 2 aliphatic rings. The lowest BCUT2D eigenvalue weighted by molar-refractivity contribution is -0.164. The van der Waals surface area contributed by atoms with Gasteiger partial charge in [-0.2, -0.15) is 0 Å². The van der Waals surface area contributed by atoms with Crippen molar-refractivity contribution in [1.29, 1.82) is 0 Å². The molecule has 0 aromatic carbocycles. The highest BCUT2D eigenvalue weighted by molar-refractivity contribution is 5.74. The minimum atomic E-state index is -0.231. The van der Waals surface area contributed by atoms with Gasteiger partial charge in [0, 0.05) is 0 Å². The van der Waals surface area contributed by atoms with E-state index in [2.05, 4.69) is 13.2 Å². The molecular formula is C16H22O2. The summed E-state index contributed by atoms with van der Waals surface area (Å²) in [6.07, 6.45) is 11.0. The van der Waals surface area contributed by atoms with E-state index < -0.39 is 0 Å². The van der Waals surface area contributed by atoms with Gasteiger partial charge in [-0.1, -0.05) is 37.8 Å². The summed E-state index contributed by atoms with van der Waals surface area (Å²) in [4.78, 5) is 12.0. The smallest absolute Gasteiger partial charge is 0.309 e. The summed E-state index contributed by atoms with van der Waals surface area (Å²) in [5.41, 5.74) is 1.42. The second-order valence-electron chi connectivity index (χ2n) is 5.64. The van der Waals surface area contributed by atoms with Gasteiger partial charge >= 0.3 is 5.97 Å². The first kappa shape index (κ1) is 13.1. The van der Waals surface area contributed by atoms with E-state index >= 15 is 0 Å². The molecule has 1 spiro atoms. The van der Waals surface area contributed by atoms with Crippen molar-refractivity contribution in [2.45, 2.75) is 45.1 Å². The fourth-order valence-electron chi connectivity index (χ4n) is 3.08. The largest absolute Gasteiger partial charge is 0.458 e. The van der Waals surface area contributed by atoms with Gasteiger partial charge in [-0.15, -0.1) is 0 Å². The minimum Gasteiger partial charge on any atom is -0.458 e. The Hall–Kier alpha value is -1.31. The van der Waals surface area contributed by atoms with E-state index in [1.54, 1.807) is 12.2 Å². The van der Waals surface area contributed by atoms with Crippen LogP contribution in [-0.2, 0) is 9.53 Å². The fraction of sp³-hybridized carbons (Fsp3) is 0.562. The summed E-state index contributed by atoms with van der Waals surface area (Å²) in [7, 11) is 0. The van der Waals surface area contributed by atoms with Crippen molar-refractivity contribution in [2.24, 2.45) is 11.3 Å². The van der Waals surface area contributed by atoms with E-state index in [4.69, 9.17) is 4.74 Å². The summed E-state index contributed by atoms with van der Waals surface area (Å²) < 4.78 is 5.50. The number of carbonyl (C=O) groups is 1. The van der Waals surface area contributed by atoms with Crippen molar-refractivity contribution in [3.05, 3.63) is 37.0 Å². The Labute approximate surface area is 109 Å². The third-order valence-corrected chi connectivity index (χ3v) is 4.41. The van der Waals surface area contributed by atoms with Crippen molar-refractivity contribution >= 4 is 5.97 Å². The van der Waals surface area contributed by atoms with Gasteiger partial charge in [0.25, 0.3) is 0 Å². The van der Waals surface area contributed by atoms with Crippen LogP contribution < -0.4 is 0 Å². The molecule has 0 amide bonds. The van der Waals surface area contributed by atoms with Crippen LogP contribution in [0.15, 0.2) is 37.0 Å². The number of allylic oxidation sites excluding steroid dienone is 2. The van der Waals surface area contributed by atoms with Crippen LogP contribution in [0.1, 0.15) is 39.0 Å². The van der Waals surface area contributed by atoms with Crippen molar-refractivity contribution in [3.8, 4) is 0 Å². The molecule has 1 atom stereocenters. The van der Waals surface area contributed by atoms with Crippen LogP contribution in [0.2, 0.25) is 0 Å². The highest BCUT2D eigenvalue weighted by Crippen LogP contribution is 2.58. The number of ether oxygens (including phenoxy) is 1. The Morgan fingerprint density at radius 1 is 1.39 bits per heavy atom. The summed E-state index contributed by atoms with van der Waals surface area (Å²) in [5.74, 6) is 0.0828. The van der Waals surface area contributed by atoms with Crippen molar-refractivity contribution in [1.82, 2.24) is 0 Å². The normalized spacial score (nSPS) is 23.7. The SMILES string of the molecule is C=C/C=C(\C=C)C(C)OC(=O)C1CC2(CCC2)C1. The molecule has 98 valence electrons. The Bertz CT molecular complexity index is 380. The molecule has 0 heterocycles. The van der Waals surface area contributed by atoms with Gasteiger partial charge < -0.3 is 4.74 Å². The molecule has 0 radical (unpaired) electrons. The molecule has 18 heavy (non-hydrogen) atoms. The lowest BCUT2D eigenvalue weighted by Crippen LogP contribution is -2.46. The average molecular weight is 246 g/mol. The Morgan fingerprint density at radius 2 is 2.06 bits per heavy atom. The third kappa shape index (κ3) is 2.43. The van der Waals surface area contributed by atoms with Gasteiger partial charge in [0.2, 0.25) is 0 Å². The van der Waals surface area contributed by atoms with Crippen LogP contribution in [-0.4, -0.2) is 12.1 Å².